The van der Waals surface area contributed by atoms with E-state index in [1.165, 1.54) is 18.4 Å². The highest BCUT2D eigenvalue weighted by Crippen LogP contribution is 2.33. The van der Waals surface area contributed by atoms with Crippen molar-refractivity contribution in [3.05, 3.63) is 51.4 Å². The van der Waals surface area contributed by atoms with E-state index in [2.05, 4.69) is 5.32 Å². The third kappa shape index (κ3) is 2.97. The van der Waals surface area contributed by atoms with E-state index in [1.807, 2.05) is 39.0 Å². The summed E-state index contributed by atoms with van der Waals surface area (Å²) in [7, 11) is 1.34. The van der Waals surface area contributed by atoms with E-state index in [-0.39, 0.29) is 5.91 Å². The fraction of sp³-hybridized carbons (Fsp3) is 0.250. The van der Waals surface area contributed by atoms with Crippen LogP contribution in [-0.4, -0.2) is 19.0 Å². The monoisotopic (exact) mass is 303 g/mol. The first kappa shape index (κ1) is 15.3. The second kappa shape index (κ2) is 6.10. The summed E-state index contributed by atoms with van der Waals surface area (Å²) in [5.41, 5.74) is 2.76. The van der Waals surface area contributed by atoms with Gasteiger partial charge in [0.05, 0.1) is 12.7 Å². The molecule has 1 aromatic carbocycles. The van der Waals surface area contributed by atoms with Crippen molar-refractivity contribution in [2.24, 2.45) is 0 Å². The number of carbonyl (C=O) groups is 2. The van der Waals surface area contributed by atoms with Gasteiger partial charge in [-0.3, -0.25) is 4.79 Å². The maximum absolute atomic E-state index is 12.4. The van der Waals surface area contributed by atoms with E-state index in [9.17, 15) is 9.59 Å². The van der Waals surface area contributed by atoms with Crippen molar-refractivity contribution in [1.29, 1.82) is 0 Å². The standard InChI is InChI=1S/C16H17NO3S/c1-9-7-5-6-8-12(9)14(18)17-15-13(16(19)20-4)10(2)11(3)21-15/h5-8H,1-4H3,(H,17,18). The molecule has 0 fully saturated rings. The quantitative estimate of drug-likeness (QED) is 0.879. The molecule has 0 saturated heterocycles. The molecule has 0 spiro atoms. The number of thiophene rings is 1. The SMILES string of the molecule is COC(=O)c1c(NC(=O)c2ccccc2C)sc(C)c1C. The minimum atomic E-state index is -0.433. The molecule has 2 rings (SSSR count). The molecular weight excluding hydrogens is 286 g/mol. The molecule has 2 aromatic rings. The van der Waals surface area contributed by atoms with Gasteiger partial charge in [0.2, 0.25) is 0 Å². The van der Waals surface area contributed by atoms with Crippen LogP contribution >= 0.6 is 11.3 Å². The molecule has 4 nitrogen and oxygen atoms in total. The van der Waals surface area contributed by atoms with E-state index in [1.54, 1.807) is 6.07 Å². The number of esters is 1. The molecule has 0 aliphatic heterocycles. The number of hydrogen-bond donors (Lipinski definition) is 1. The molecular formula is C16H17NO3S. The van der Waals surface area contributed by atoms with Crippen LogP contribution in [0.25, 0.3) is 0 Å². The second-order valence-corrected chi connectivity index (χ2v) is 5.97. The summed E-state index contributed by atoms with van der Waals surface area (Å²) in [6, 6.07) is 7.33. The summed E-state index contributed by atoms with van der Waals surface area (Å²) in [6.45, 7) is 5.64. The van der Waals surface area contributed by atoms with Gasteiger partial charge in [0, 0.05) is 10.4 Å². The third-order valence-electron chi connectivity index (χ3n) is 3.39. The number of benzene rings is 1. The summed E-state index contributed by atoms with van der Waals surface area (Å²) in [6.07, 6.45) is 0. The van der Waals surface area contributed by atoms with Gasteiger partial charge in [0.25, 0.3) is 5.91 Å². The Morgan fingerprint density at radius 3 is 2.43 bits per heavy atom. The maximum atomic E-state index is 12.4. The van der Waals surface area contributed by atoms with Gasteiger partial charge in [0.1, 0.15) is 5.00 Å². The van der Waals surface area contributed by atoms with E-state index in [0.29, 0.717) is 16.1 Å². The topological polar surface area (TPSA) is 55.4 Å². The first-order valence-corrected chi connectivity index (χ1v) is 7.32. The minimum absolute atomic E-state index is 0.223. The van der Waals surface area contributed by atoms with E-state index >= 15 is 0 Å². The largest absolute Gasteiger partial charge is 0.465 e. The van der Waals surface area contributed by atoms with Gasteiger partial charge in [0.15, 0.2) is 0 Å². The number of anilines is 1. The van der Waals surface area contributed by atoms with Crippen LogP contribution in [-0.2, 0) is 4.74 Å². The van der Waals surface area contributed by atoms with Gasteiger partial charge in [-0.05, 0) is 38.0 Å². The van der Waals surface area contributed by atoms with Crippen LogP contribution < -0.4 is 5.32 Å². The van der Waals surface area contributed by atoms with Crippen LogP contribution in [0, 0.1) is 20.8 Å². The van der Waals surface area contributed by atoms with Crippen LogP contribution in [0.1, 0.15) is 36.7 Å². The van der Waals surface area contributed by atoms with Crippen molar-refractivity contribution in [3.8, 4) is 0 Å². The lowest BCUT2D eigenvalue weighted by molar-refractivity contribution is 0.0601. The molecule has 1 heterocycles. The normalized spacial score (nSPS) is 10.3. The number of amides is 1. The Bertz CT molecular complexity index is 704. The first-order valence-electron chi connectivity index (χ1n) is 6.51. The van der Waals surface area contributed by atoms with Gasteiger partial charge in [-0.15, -0.1) is 11.3 Å². The fourth-order valence-electron chi connectivity index (χ4n) is 2.06. The average Bonchev–Trinajstić information content (AvgIpc) is 2.73. The summed E-state index contributed by atoms with van der Waals surface area (Å²) in [5, 5.41) is 3.36. The summed E-state index contributed by atoms with van der Waals surface area (Å²) in [5.74, 6) is -0.656. The lowest BCUT2D eigenvalue weighted by Crippen LogP contribution is -2.15. The average molecular weight is 303 g/mol. The zero-order valence-corrected chi connectivity index (χ0v) is 13.3. The van der Waals surface area contributed by atoms with Crippen LogP contribution in [0.4, 0.5) is 5.00 Å². The molecule has 21 heavy (non-hydrogen) atoms. The minimum Gasteiger partial charge on any atom is -0.465 e. The number of nitrogens with one attached hydrogen (secondary N) is 1. The van der Waals surface area contributed by atoms with Gasteiger partial charge in [-0.25, -0.2) is 4.79 Å². The number of methoxy groups -OCH3 is 1. The maximum Gasteiger partial charge on any atom is 0.341 e. The van der Waals surface area contributed by atoms with E-state index in [4.69, 9.17) is 4.74 Å². The Kier molecular flexibility index (Phi) is 4.43. The fourth-order valence-corrected chi connectivity index (χ4v) is 3.10. The Morgan fingerprint density at radius 2 is 1.81 bits per heavy atom. The van der Waals surface area contributed by atoms with Gasteiger partial charge >= 0.3 is 5.97 Å². The highest BCUT2D eigenvalue weighted by molar-refractivity contribution is 7.16. The van der Waals surface area contributed by atoms with E-state index in [0.717, 1.165) is 16.0 Å². The highest BCUT2D eigenvalue weighted by Gasteiger charge is 2.22. The van der Waals surface area contributed by atoms with Crippen LogP contribution in [0.3, 0.4) is 0 Å². The van der Waals surface area contributed by atoms with Crippen molar-refractivity contribution in [3.63, 3.8) is 0 Å². The Balaban J connectivity index is 2.36. The Morgan fingerprint density at radius 1 is 1.14 bits per heavy atom. The zero-order valence-electron chi connectivity index (χ0n) is 12.4. The van der Waals surface area contributed by atoms with Crippen LogP contribution in [0.15, 0.2) is 24.3 Å². The smallest absolute Gasteiger partial charge is 0.341 e. The highest BCUT2D eigenvalue weighted by atomic mass is 32.1. The van der Waals surface area contributed by atoms with Crippen LogP contribution in [0.5, 0.6) is 0 Å². The molecule has 0 aliphatic carbocycles. The van der Waals surface area contributed by atoms with E-state index < -0.39 is 5.97 Å². The summed E-state index contributed by atoms with van der Waals surface area (Å²) < 4.78 is 4.80. The molecule has 0 bridgehead atoms. The first-order chi connectivity index (χ1) is 9.95. The Hall–Kier alpha value is -2.14. The summed E-state index contributed by atoms with van der Waals surface area (Å²) >= 11 is 1.38. The molecule has 0 radical (unpaired) electrons. The third-order valence-corrected chi connectivity index (χ3v) is 4.51. The van der Waals surface area contributed by atoms with Crippen LogP contribution in [0.2, 0.25) is 0 Å². The second-order valence-electron chi connectivity index (χ2n) is 4.75. The molecule has 0 aliphatic rings. The number of hydrogen-bond acceptors (Lipinski definition) is 4. The molecule has 1 N–H and O–H groups in total. The number of aryl methyl sites for hydroxylation is 2. The van der Waals surface area contributed by atoms with Gasteiger partial charge in [-0.2, -0.15) is 0 Å². The van der Waals surface area contributed by atoms with Crippen molar-refractivity contribution in [2.75, 3.05) is 12.4 Å². The number of ether oxygens (including phenoxy) is 1. The molecule has 1 amide bonds. The molecule has 1 aromatic heterocycles. The molecule has 110 valence electrons. The van der Waals surface area contributed by atoms with Crippen molar-refractivity contribution < 1.29 is 14.3 Å². The number of rotatable bonds is 3. The van der Waals surface area contributed by atoms with Gasteiger partial charge in [-0.1, -0.05) is 18.2 Å². The summed E-state index contributed by atoms with van der Waals surface area (Å²) in [4.78, 5) is 25.2. The zero-order chi connectivity index (χ0) is 15.6. The predicted molar refractivity (Wildman–Crippen MR) is 84.3 cm³/mol. The predicted octanol–water partition coefficient (Wildman–Crippen LogP) is 3.71. The molecule has 0 unspecified atom stereocenters. The van der Waals surface area contributed by atoms with Crippen molar-refractivity contribution in [1.82, 2.24) is 0 Å². The number of carbonyl (C=O) groups excluding carboxylic acids is 2. The van der Waals surface area contributed by atoms with Gasteiger partial charge < -0.3 is 10.1 Å². The lowest BCUT2D eigenvalue weighted by Gasteiger charge is -2.08. The van der Waals surface area contributed by atoms with Crippen molar-refractivity contribution in [2.45, 2.75) is 20.8 Å². The molecule has 0 saturated carbocycles. The molecule has 0 atom stereocenters. The lowest BCUT2D eigenvalue weighted by atomic mass is 10.1. The van der Waals surface area contributed by atoms with Crippen molar-refractivity contribution >= 4 is 28.2 Å². The molecule has 5 heteroatoms. The Labute approximate surface area is 127 Å².